The molecule has 9 nitrogen and oxygen atoms in total. The molecule has 2 heterocycles. The summed E-state index contributed by atoms with van der Waals surface area (Å²) in [4.78, 5) is 36.9. The van der Waals surface area contributed by atoms with E-state index >= 15 is 0 Å². The molecule has 0 spiro atoms. The van der Waals surface area contributed by atoms with E-state index in [4.69, 9.17) is 5.11 Å². The highest BCUT2D eigenvalue weighted by Crippen LogP contribution is 2.40. The van der Waals surface area contributed by atoms with E-state index in [1.807, 2.05) is 24.3 Å². The van der Waals surface area contributed by atoms with Gasteiger partial charge in [0.25, 0.3) is 15.6 Å². The molecule has 0 saturated heterocycles. The monoisotopic (exact) mass is 614 g/mol. The fourth-order valence-electron chi connectivity index (χ4n) is 5.45. The Hall–Kier alpha value is -4.49. The summed E-state index contributed by atoms with van der Waals surface area (Å²) >= 11 is 0. The van der Waals surface area contributed by atoms with Crippen molar-refractivity contribution in [3.05, 3.63) is 99.8 Å². The number of alkyl halides is 3. The smallest absolute Gasteiger partial charge is 0.416 e. The van der Waals surface area contributed by atoms with Gasteiger partial charge in [0.05, 0.1) is 5.56 Å². The first-order valence-corrected chi connectivity index (χ1v) is 14.6. The number of fused-ring (bicyclic) bond motifs is 2. The van der Waals surface area contributed by atoms with Gasteiger partial charge in [0.1, 0.15) is 6.04 Å². The van der Waals surface area contributed by atoms with Crippen LogP contribution in [-0.4, -0.2) is 52.5 Å². The number of hydrogen-bond donors (Lipinski definition) is 2. The van der Waals surface area contributed by atoms with Gasteiger partial charge < -0.3 is 10.2 Å². The predicted octanol–water partition coefficient (Wildman–Crippen LogP) is 4.77. The van der Waals surface area contributed by atoms with Gasteiger partial charge in [-0.1, -0.05) is 54.6 Å². The molecule has 2 N–H and O–H groups in total. The standard InChI is InChI=1S/C30H25F3N2O7S/c31-30(32,33)22-10-4-9-20(15-22)27-21(14-19-8-3-7-18-6-1-2-11-23(18)19)16-25(36)35-24(29(39)40)17-34(13-5-12-26(37)38)43(41,42)28(27)35/h1-4,6-11,15-16,24H,5,12-14,17H2,(H,37,38)(H,39,40). The van der Waals surface area contributed by atoms with Crippen LogP contribution in [0.25, 0.3) is 21.9 Å². The third-order valence-electron chi connectivity index (χ3n) is 7.38. The number of pyridine rings is 1. The van der Waals surface area contributed by atoms with Gasteiger partial charge in [0, 0.05) is 31.1 Å². The van der Waals surface area contributed by atoms with Gasteiger partial charge in [-0.05, 0) is 52.4 Å². The maximum atomic E-state index is 14.1. The summed E-state index contributed by atoms with van der Waals surface area (Å²) in [6.07, 6.45) is -5.39. The van der Waals surface area contributed by atoms with E-state index in [0.29, 0.717) is 10.1 Å². The Morgan fingerprint density at radius 1 is 0.930 bits per heavy atom. The molecule has 1 aromatic heterocycles. The van der Waals surface area contributed by atoms with Gasteiger partial charge in [0.15, 0.2) is 5.03 Å². The molecule has 1 aliphatic rings. The van der Waals surface area contributed by atoms with Gasteiger partial charge >= 0.3 is 18.1 Å². The molecule has 1 atom stereocenters. The number of carbonyl (C=O) groups is 2. The van der Waals surface area contributed by atoms with Crippen LogP contribution in [0.5, 0.6) is 0 Å². The van der Waals surface area contributed by atoms with Crippen LogP contribution in [0.3, 0.4) is 0 Å². The molecule has 4 aromatic rings. The highest BCUT2D eigenvalue weighted by molar-refractivity contribution is 7.89. The number of aliphatic carboxylic acids is 2. The lowest BCUT2D eigenvalue weighted by Crippen LogP contribution is -2.50. The molecular formula is C30H25F3N2O7S. The first-order chi connectivity index (χ1) is 20.3. The second kappa shape index (κ2) is 11.3. The number of rotatable bonds is 8. The lowest BCUT2D eigenvalue weighted by Gasteiger charge is -2.35. The van der Waals surface area contributed by atoms with Crippen molar-refractivity contribution in [3.8, 4) is 11.1 Å². The van der Waals surface area contributed by atoms with Crippen LogP contribution >= 0.6 is 0 Å². The molecule has 0 radical (unpaired) electrons. The van der Waals surface area contributed by atoms with Gasteiger partial charge in [-0.15, -0.1) is 0 Å². The molecule has 13 heteroatoms. The number of sulfonamides is 1. The van der Waals surface area contributed by atoms with Gasteiger partial charge in [0.2, 0.25) is 0 Å². The summed E-state index contributed by atoms with van der Waals surface area (Å²) in [5.41, 5.74) is -1.65. The Bertz CT molecular complexity index is 1910. The van der Waals surface area contributed by atoms with E-state index in [-0.39, 0.29) is 36.1 Å². The fraction of sp³-hybridized carbons (Fsp3) is 0.233. The molecule has 1 aliphatic heterocycles. The zero-order valence-corrected chi connectivity index (χ0v) is 23.2. The molecule has 1 unspecified atom stereocenters. The lowest BCUT2D eigenvalue weighted by molar-refractivity contribution is -0.142. The van der Waals surface area contributed by atoms with Crippen LogP contribution in [-0.2, 0) is 32.2 Å². The molecule has 0 bridgehead atoms. The minimum Gasteiger partial charge on any atom is -0.481 e. The third-order valence-corrected chi connectivity index (χ3v) is 9.29. The van der Waals surface area contributed by atoms with Crippen molar-refractivity contribution in [1.82, 2.24) is 8.87 Å². The highest BCUT2D eigenvalue weighted by atomic mass is 32.2. The Morgan fingerprint density at radius 3 is 2.33 bits per heavy atom. The molecule has 0 aliphatic carbocycles. The molecule has 0 saturated carbocycles. The molecule has 3 aromatic carbocycles. The summed E-state index contributed by atoms with van der Waals surface area (Å²) in [5.74, 6) is -2.72. The van der Waals surface area contributed by atoms with Crippen molar-refractivity contribution >= 4 is 32.7 Å². The highest BCUT2D eigenvalue weighted by Gasteiger charge is 2.43. The number of nitrogens with zero attached hydrogens (tertiary/aromatic N) is 2. The van der Waals surface area contributed by atoms with E-state index in [1.54, 1.807) is 18.2 Å². The number of hydrogen-bond acceptors (Lipinski definition) is 5. The van der Waals surface area contributed by atoms with Crippen LogP contribution in [0.4, 0.5) is 13.2 Å². The molecule has 5 rings (SSSR count). The average Bonchev–Trinajstić information content (AvgIpc) is 2.94. The molecule has 224 valence electrons. The van der Waals surface area contributed by atoms with Crippen molar-refractivity contribution in [2.75, 3.05) is 13.1 Å². The van der Waals surface area contributed by atoms with Crippen LogP contribution in [0.15, 0.2) is 82.6 Å². The summed E-state index contributed by atoms with van der Waals surface area (Å²) in [6.45, 7) is -1.03. The topological polar surface area (TPSA) is 134 Å². The Kier molecular flexibility index (Phi) is 7.88. The van der Waals surface area contributed by atoms with Crippen molar-refractivity contribution in [3.63, 3.8) is 0 Å². The van der Waals surface area contributed by atoms with Crippen LogP contribution in [0.2, 0.25) is 0 Å². The van der Waals surface area contributed by atoms with Gasteiger partial charge in [-0.2, -0.15) is 17.5 Å². The predicted molar refractivity (Wildman–Crippen MR) is 150 cm³/mol. The largest absolute Gasteiger partial charge is 0.481 e. The first kappa shape index (κ1) is 30.0. The van der Waals surface area contributed by atoms with Gasteiger partial charge in [-0.25, -0.2) is 13.2 Å². The SMILES string of the molecule is O=C(O)CCCN1CC(C(=O)O)n2c(c(-c3cccc(C(F)(F)F)c3)c(Cc3cccc4ccccc34)cc2=O)S1(=O)=O. The van der Waals surface area contributed by atoms with E-state index in [0.717, 1.165) is 39.3 Å². The van der Waals surface area contributed by atoms with Crippen molar-refractivity contribution in [2.45, 2.75) is 36.5 Å². The van der Waals surface area contributed by atoms with Crippen molar-refractivity contribution in [2.24, 2.45) is 0 Å². The van der Waals surface area contributed by atoms with Crippen molar-refractivity contribution < 1.29 is 41.4 Å². The van der Waals surface area contributed by atoms with Crippen LogP contribution < -0.4 is 5.56 Å². The third kappa shape index (κ3) is 5.77. The van der Waals surface area contributed by atoms with Crippen LogP contribution in [0.1, 0.15) is 35.6 Å². The second-order valence-electron chi connectivity index (χ2n) is 10.2. The average molecular weight is 615 g/mol. The number of carboxylic acid groups (broad SMARTS) is 2. The molecule has 43 heavy (non-hydrogen) atoms. The summed E-state index contributed by atoms with van der Waals surface area (Å²) < 4.78 is 70.9. The van der Waals surface area contributed by atoms with E-state index in [2.05, 4.69) is 0 Å². The second-order valence-corrected chi connectivity index (χ2v) is 12.0. The molecule has 0 amide bonds. The zero-order valence-electron chi connectivity index (χ0n) is 22.4. The maximum Gasteiger partial charge on any atom is 0.416 e. The summed E-state index contributed by atoms with van der Waals surface area (Å²) in [6, 6.07) is 16.0. The fourth-order valence-corrected chi connectivity index (χ4v) is 7.37. The van der Waals surface area contributed by atoms with E-state index in [1.165, 1.54) is 6.07 Å². The van der Waals surface area contributed by atoms with E-state index < -0.39 is 63.3 Å². The van der Waals surface area contributed by atoms with E-state index in [9.17, 15) is 41.1 Å². The Morgan fingerprint density at radius 2 is 1.63 bits per heavy atom. The number of carboxylic acids is 2. The zero-order chi connectivity index (χ0) is 31.1. The normalized spacial score (nSPS) is 16.6. The Labute approximate surface area is 243 Å². The molecular weight excluding hydrogens is 589 g/mol. The summed E-state index contributed by atoms with van der Waals surface area (Å²) in [5, 5.41) is 19.9. The maximum absolute atomic E-state index is 14.1. The van der Waals surface area contributed by atoms with Crippen molar-refractivity contribution in [1.29, 1.82) is 0 Å². The minimum absolute atomic E-state index is 0.0533. The Balaban J connectivity index is 1.82. The molecule has 0 fully saturated rings. The number of halogens is 3. The number of benzene rings is 3. The number of aromatic nitrogens is 1. The summed E-state index contributed by atoms with van der Waals surface area (Å²) in [7, 11) is -4.70. The van der Waals surface area contributed by atoms with Gasteiger partial charge in [-0.3, -0.25) is 14.2 Å². The lowest BCUT2D eigenvalue weighted by atomic mass is 9.93. The first-order valence-electron chi connectivity index (χ1n) is 13.2. The minimum atomic E-state index is -4.77. The quantitative estimate of drug-likeness (QED) is 0.292. The van der Waals surface area contributed by atoms with Crippen LogP contribution in [0, 0.1) is 0 Å².